The van der Waals surface area contributed by atoms with Crippen molar-refractivity contribution in [3.05, 3.63) is 34.9 Å². The van der Waals surface area contributed by atoms with E-state index in [-0.39, 0.29) is 11.9 Å². The summed E-state index contributed by atoms with van der Waals surface area (Å²) in [5.74, 6) is 0.198. The van der Waals surface area contributed by atoms with Crippen molar-refractivity contribution in [2.24, 2.45) is 0 Å². The van der Waals surface area contributed by atoms with Gasteiger partial charge in [0.05, 0.1) is 6.54 Å². The number of benzene rings is 1. The van der Waals surface area contributed by atoms with Crippen LogP contribution in [0.3, 0.4) is 0 Å². The quantitative estimate of drug-likeness (QED) is 0.918. The molecule has 0 aliphatic carbocycles. The SMILES string of the molecule is CC(NCC(=O)N1C(C)CCCC1C)c1cccc(Cl)c1. The zero-order valence-corrected chi connectivity index (χ0v) is 13.9. The highest BCUT2D eigenvalue weighted by Crippen LogP contribution is 2.23. The molecule has 0 radical (unpaired) electrons. The fourth-order valence-electron chi connectivity index (χ4n) is 3.14. The molecule has 1 heterocycles. The number of amides is 1. The lowest BCUT2D eigenvalue weighted by molar-refractivity contribution is -0.136. The molecular formula is C17H25ClN2O. The Kier molecular flexibility index (Phi) is 5.65. The Labute approximate surface area is 132 Å². The van der Waals surface area contributed by atoms with Gasteiger partial charge in [0, 0.05) is 23.1 Å². The summed E-state index contributed by atoms with van der Waals surface area (Å²) in [4.78, 5) is 14.5. The monoisotopic (exact) mass is 308 g/mol. The van der Waals surface area contributed by atoms with E-state index in [9.17, 15) is 4.79 Å². The van der Waals surface area contributed by atoms with Gasteiger partial charge < -0.3 is 10.2 Å². The minimum atomic E-state index is 0.114. The molecule has 2 rings (SSSR count). The maximum atomic E-state index is 12.5. The number of piperidine rings is 1. The number of nitrogens with one attached hydrogen (secondary N) is 1. The van der Waals surface area contributed by atoms with E-state index in [1.54, 1.807) is 0 Å². The molecule has 0 saturated carbocycles. The van der Waals surface area contributed by atoms with Crippen LogP contribution in [-0.4, -0.2) is 29.4 Å². The minimum Gasteiger partial charge on any atom is -0.336 e. The summed E-state index contributed by atoms with van der Waals surface area (Å²) in [5, 5.41) is 4.04. The van der Waals surface area contributed by atoms with E-state index in [2.05, 4.69) is 26.1 Å². The Morgan fingerprint density at radius 2 is 2.05 bits per heavy atom. The molecule has 1 N–H and O–H groups in total. The molecule has 0 spiro atoms. The average molecular weight is 309 g/mol. The maximum Gasteiger partial charge on any atom is 0.237 e. The average Bonchev–Trinajstić information content (AvgIpc) is 2.44. The van der Waals surface area contributed by atoms with E-state index >= 15 is 0 Å². The summed E-state index contributed by atoms with van der Waals surface area (Å²) in [7, 11) is 0. The number of likely N-dealkylation sites (tertiary alicyclic amines) is 1. The zero-order chi connectivity index (χ0) is 15.4. The van der Waals surface area contributed by atoms with Gasteiger partial charge in [0.1, 0.15) is 0 Å². The molecule has 116 valence electrons. The Morgan fingerprint density at radius 1 is 1.38 bits per heavy atom. The second kappa shape index (κ2) is 7.28. The summed E-state index contributed by atoms with van der Waals surface area (Å²) < 4.78 is 0. The van der Waals surface area contributed by atoms with E-state index in [1.165, 1.54) is 6.42 Å². The molecular weight excluding hydrogens is 284 g/mol. The number of halogens is 1. The third kappa shape index (κ3) is 4.21. The predicted octanol–water partition coefficient (Wildman–Crippen LogP) is 3.78. The molecule has 0 bridgehead atoms. The van der Waals surface area contributed by atoms with Crippen LogP contribution in [0.1, 0.15) is 51.6 Å². The van der Waals surface area contributed by atoms with Gasteiger partial charge in [-0.05, 0) is 57.7 Å². The van der Waals surface area contributed by atoms with Crippen molar-refractivity contribution >= 4 is 17.5 Å². The van der Waals surface area contributed by atoms with Gasteiger partial charge in [0.25, 0.3) is 0 Å². The van der Waals surface area contributed by atoms with E-state index in [0.29, 0.717) is 18.6 Å². The lowest BCUT2D eigenvalue weighted by Gasteiger charge is -2.39. The first-order chi connectivity index (χ1) is 9.99. The molecule has 21 heavy (non-hydrogen) atoms. The number of carbonyl (C=O) groups is 1. The number of nitrogens with zero attached hydrogens (tertiary/aromatic N) is 1. The van der Waals surface area contributed by atoms with Crippen LogP contribution >= 0.6 is 11.6 Å². The van der Waals surface area contributed by atoms with Gasteiger partial charge in [-0.2, -0.15) is 0 Å². The highest BCUT2D eigenvalue weighted by Gasteiger charge is 2.28. The number of hydrogen-bond donors (Lipinski definition) is 1. The summed E-state index contributed by atoms with van der Waals surface area (Å²) in [6.07, 6.45) is 3.44. The van der Waals surface area contributed by atoms with Crippen LogP contribution < -0.4 is 5.32 Å². The molecule has 1 aliphatic heterocycles. The molecule has 1 fully saturated rings. The van der Waals surface area contributed by atoms with Crippen molar-refractivity contribution in [3.8, 4) is 0 Å². The number of rotatable bonds is 4. The van der Waals surface area contributed by atoms with Crippen LogP contribution in [0, 0.1) is 0 Å². The predicted molar refractivity (Wildman–Crippen MR) is 87.5 cm³/mol. The third-order valence-electron chi connectivity index (χ3n) is 4.39. The maximum absolute atomic E-state index is 12.5. The van der Waals surface area contributed by atoms with Gasteiger partial charge in [-0.15, -0.1) is 0 Å². The van der Waals surface area contributed by atoms with Gasteiger partial charge >= 0.3 is 0 Å². The van der Waals surface area contributed by atoms with Gasteiger partial charge in [-0.25, -0.2) is 0 Å². The van der Waals surface area contributed by atoms with E-state index in [0.717, 1.165) is 23.4 Å². The summed E-state index contributed by atoms with van der Waals surface area (Å²) in [6, 6.07) is 8.58. The van der Waals surface area contributed by atoms with Gasteiger partial charge in [-0.3, -0.25) is 4.79 Å². The number of hydrogen-bond acceptors (Lipinski definition) is 2. The van der Waals surface area contributed by atoms with Crippen LogP contribution in [0.2, 0.25) is 5.02 Å². The van der Waals surface area contributed by atoms with Gasteiger partial charge in [0.15, 0.2) is 0 Å². The van der Waals surface area contributed by atoms with E-state index in [1.807, 2.05) is 29.2 Å². The first kappa shape index (κ1) is 16.3. The lowest BCUT2D eigenvalue weighted by Crippen LogP contribution is -2.50. The Balaban J connectivity index is 1.91. The molecule has 0 aromatic heterocycles. The van der Waals surface area contributed by atoms with Crippen molar-refractivity contribution in [3.63, 3.8) is 0 Å². The second-order valence-electron chi connectivity index (χ2n) is 6.09. The zero-order valence-electron chi connectivity index (χ0n) is 13.1. The largest absolute Gasteiger partial charge is 0.336 e. The highest BCUT2D eigenvalue weighted by atomic mass is 35.5. The van der Waals surface area contributed by atoms with Crippen molar-refractivity contribution in [2.75, 3.05) is 6.54 Å². The number of carbonyl (C=O) groups excluding carboxylic acids is 1. The van der Waals surface area contributed by atoms with Crippen LogP contribution in [0.15, 0.2) is 24.3 Å². The second-order valence-corrected chi connectivity index (χ2v) is 6.52. The normalized spacial score (nSPS) is 23.9. The molecule has 4 heteroatoms. The fraction of sp³-hybridized carbons (Fsp3) is 0.588. The third-order valence-corrected chi connectivity index (χ3v) is 4.62. The molecule has 1 saturated heterocycles. The molecule has 1 amide bonds. The van der Waals surface area contributed by atoms with Crippen molar-refractivity contribution in [1.29, 1.82) is 0 Å². The van der Waals surface area contributed by atoms with Crippen LogP contribution in [0.4, 0.5) is 0 Å². The molecule has 3 unspecified atom stereocenters. The van der Waals surface area contributed by atoms with Crippen LogP contribution in [0.5, 0.6) is 0 Å². The molecule has 3 atom stereocenters. The summed E-state index contributed by atoms with van der Waals surface area (Å²) >= 11 is 6.01. The van der Waals surface area contributed by atoms with Gasteiger partial charge in [-0.1, -0.05) is 23.7 Å². The lowest BCUT2D eigenvalue weighted by atomic mass is 9.97. The molecule has 3 nitrogen and oxygen atoms in total. The Bertz CT molecular complexity index is 481. The fourth-order valence-corrected chi connectivity index (χ4v) is 3.34. The van der Waals surface area contributed by atoms with Crippen molar-refractivity contribution in [1.82, 2.24) is 10.2 Å². The standard InChI is InChI=1S/C17H25ClN2O/c1-12-6-4-7-13(2)20(12)17(21)11-19-14(3)15-8-5-9-16(18)10-15/h5,8-10,12-14,19H,4,6-7,11H2,1-3H3. The smallest absolute Gasteiger partial charge is 0.237 e. The minimum absolute atomic E-state index is 0.114. The first-order valence-electron chi connectivity index (χ1n) is 7.79. The van der Waals surface area contributed by atoms with Gasteiger partial charge in [0.2, 0.25) is 5.91 Å². The molecule has 1 aromatic carbocycles. The molecule has 1 aromatic rings. The van der Waals surface area contributed by atoms with Crippen LogP contribution in [-0.2, 0) is 4.79 Å². The van der Waals surface area contributed by atoms with E-state index < -0.39 is 0 Å². The van der Waals surface area contributed by atoms with Crippen molar-refractivity contribution in [2.45, 2.75) is 58.2 Å². The Morgan fingerprint density at radius 3 is 2.67 bits per heavy atom. The first-order valence-corrected chi connectivity index (χ1v) is 8.17. The molecule has 1 aliphatic rings. The van der Waals surface area contributed by atoms with Crippen molar-refractivity contribution < 1.29 is 4.79 Å². The Hall–Kier alpha value is -1.06. The summed E-state index contributed by atoms with van der Waals surface area (Å²) in [5.41, 5.74) is 1.11. The topological polar surface area (TPSA) is 32.3 Å². The summed E-state index contributed by atoms with van der Waals surface area (Å²) in [6.45, 7) is 6.73. The van der Waals surface area contributed by atoms with E-state index in [4.69, 9.17) is 11.6 Å². The van der Waals surface area contributed by atoms with Crippen LogP contribution in [0.25, 0.3) is 0 Å². The highest BCUT2D eigenvalue weighted by molar-refractivity contribution is 6.30.